The van der Waals surface area contributed by atoms with E-state index in [-0.39, 0.29) is 20.8 Å². The van der Waals surface area contributed by atoms with Crippen molar-refractivity contribution in [3.63, 3.8) is 0 Å². The Hall–Kier alpha value is -1.35. The minimum Gasteiger partial charge on any atom is -0.348 e. The molecule has 1 atom stereocenters. The normalized spacial score (nSPS) is 33.0. The van der Waals surface area contributed by atoms with E-state index >= 15 is 0 Å². The molecule has 0 aromatic rings. The van der Waals surface area contributed by atoms with Crippen molar-refractivity contribution in [1.82, 2.24) is 26.1 Å². The van der Waals surface area contributed by atoms with Crippen molar-refractivity contribution in [3.8, 4) is 0 Å². The number of allylic oxidation sites excluding steroid dienone is 1. The van der Waals surface area contributed by atoms with E-state index < -0.39 is 16.8 Å². The summed E-state index contributed by atoms with van der Waals surface area (Å²) in [6.45, 7) is 0. The van der Waals surface area contributed by atoms with E-state index in [1.165, 1.54) is 0 Å². The van der Waals surface area contributed by atoms with E-state index in [9.17, 15) is 20.7 Å². The van der Waals surface area contributed by atoms with Gasteiger partial charge in [-0.15, -0.1) is 10.3 Å². The molecule has 0 saturated carbocycles. The lowest BCUT2D eigenvalue weighted by molar-refractivity contribution is -0.650. The van der Waals surface area contributed by atoms with Crippen LogP contribution in [0.25, 0.3) is 0 Å². The summed E-state index contributed by atoms with van der Waals surface area (Å²) in [6, 6.07) is 0. The Balaban J connectivity index is 2.49. The van der Waals surface area contributed by atoms with Crippen molar-refractivity contribution in [2.45, 2.75) is 5.85 Å². The average molecular weight is 236 g/mol. The van der Waals surface area contributed by atoms with Gasteiger partial charge < -0.3 is 5.11 Å². The molecule has 0 aromatic heterocycles. The number of aliphatic hydroxyl groups is 1. The van der Waals surface area contributed by atoms with Gasteiger partial charge in [-0.2, -0.15) is 5.10 Å². The fourth-order valence-electron chi connectivity index (χ4n) is 1.22. The van der Waals surface area contributed by atoms with E-state index in [4.69, 9.17) is 10.4 Å². The van der Waals surface area contributed by atoms with E-state index in [0.717, 1.165) is 12.3 Å². The highest BCUT2D eigenvalue weighted by molar-refractivity contribution is 5.73. The third-order valence-electron chi connectivity index (χ3n) is 2.02. The van der Waals surface area contributed by atoms with Gasteiger partial charge in [-0.1, -0.05) is 0 Å². The van der Waals surface area contributed by atoms with Gasteiger partial charge in [0.25, 0.3) is 0 Å². The predicted octanol–water partition coefficient (Wildman–Crippen LogP) is -2.27. The summed E-state index contributed by atoms with van der Waals surface area (Å²) in [5, 5.41) is 57.4. The molecule has 0 spiro atoms. The molecule has 16 heavy (non-hydrogen) atoms. The smallest absolute Gasteiger partial charge is 0.323 e. The van der Waals surface area contributed by atoms with Crippen LogP contribution in [0.1, 0.15) is 0 Å². The first-order chi connectivity index (χ1) is 7.40. The fraction of sp³-hybridized carbons (Fsp3) is 0.250. The van der Waals surface area contributed by atoms with Gasteiger partial charge in [0, 0.05) is 10.6 Å². The molecule has 0 bridgehead atoms. The Kier molecular flexibility index (Phi) is 2.31. The van der Waals surface area contributed by atoms with Gasteiger partial charge in [-0.3, -0.25) is 26.0 Å². The molecule has 0 amide bonds. The van der Waals surface area contributed by atoms with Gasteiger partial charge >= 0.3 is 5.85 Å². The Bertz CT molecular complexity index is 361. The Labute approximate surface area is 87.2 Å². The lowest BCUT2D eigenvalue weighted by Crippen LogP contribution is -2.74. The molecule has 2 aliphatic heterocycles. The number of fused-ring (bicyclic) bond motifs is 1. The fourth-order valence-corrected chi connectivity index (χ4v) is 1.22. The van der Waals surface area contributed by atoms with Crippen molar-refractivity contribution >= 4 is 6.21 Å². The molecule has 1 fully saturated rings. The molecule has 1 unspecified atom stereocenters. The van der Waals surface area contributed by atoms with E-state index in [0.29, 0.717) is 0 Å². The van der Waals surface area contributed by atoms with Gasteiger partial charge in [0.15, 0.2) is 0 Å². The largest absolute Gasteiger partial charge is 0.348 e. The lowest BCUT2D eigenvalue weighted by atomic mass is 10.2. The SMILES string of the molecule is ON1C2=CC=NN(O)C2(O)N(O)N(O)N1O. The highest BCUT2D eigenvalue weighted by Gasteiger charge is 2.58. The monoisotopic (exact) mass is 236 g/mol. The van der Waals surface area contributed by atoms with Crippen LogP contribution in [0.4, 0.5) is 0 Å². The molecule has 1 saturated heterocycles. The number of hydrogen-bond acceptors (Lipinski definition) is 12. The van der Waals surface area contributed by atoms with E-state index in [2.05, 4.69) is 5.10 Å². The minimum absolute atomic E-state index is 0.138. The van der Waals surface area contributed by atoms with Crippen LogP contribution in [0.15, 0.2) is 16.9 Å². The summed E-state index contributed by atoms with van der Waals surface area (Å²) >= 11 is 0. The topological polar surface area (TPSA) is 150 Å². The molecule has 2 aliphatic rings. The zero-order valence-corrected chi connectivity index (χ0v) is 7.52. The lowest BCUT2D eigenvalue weighted by Gasteiger charge is -2.50. The van der Waals surface area contributed by atoms with Crippen LogP contribution in [0.2, 0.25) is 0 Å². The average Bonchev–Trinajstić information content (AvgIpc) is 2.27. The summed E-state index contributed by atoms with van der Waals surface area (Å²) < 4.78 is 0. The van der Waals surface area contributed by atoms with Crippen LogP contribution < -0.4 is 0 Å². The number of hydrogen-bond donors (Lipinski definition) is 6. The number of hydrazone groups is 1. The highest BCUT2D eigenvalue weighted by Crippen LogP contribution is 2.33. The maximum atomic E-state index is 9.82. The van der Waals surface area contributed by atoms with Crippen LogP contribution in [0.3, 0.4) is 0 Å². The number of hydroxylamine groups is 3. The quantitative estimate of drug-likeness (QED) is 0.270. The predicted molar refractivity (Wildman–Crippen MR) is 39.7 cm³/mol. The van der Waals surface area contributed by atoms with Crippen molar-refractivity contribution in [2.24, 2.45) is 5.10 Å². The molecule has 12 heteroatoms. The zero-order chi connectivity index (χ0) is 12.1. The van der Waals surface area contributed by atoms with Gasteiger partial charge in [0.1, 0.15) is 5.70 Å². The molecule has 2 heterocycles. The molecule has 6 N–H and O–H groups in total. The second-order valence-corrected chi connectivity index (χ2v) is 2.86. The third kappa shape index (κ3) is 1.15. The summed E-state index contributed by atoms with van der Waals surface area (Å²) in [5.41, 5.74) is -0.597. The minimum atomic E-state index is -2.79. The van der Waals surface area contributed by atoms with Crippen LogP contribution in [0.5, 0.6) is 0 Å². The van der Waals surface area contributed by atoms with Gasteiger partial charge in [-0.25, -0.2) is 0 Å². The second kappa shape index (κ2) is 3.32. The van der Waals surface area contributed by atoms with Crippen LogP contribution in [-0.2, 0) is 0 Å². The summed E-state index contributed by atoms with van der Waals surface area (Å²) in [7, 11) is 0. The van der Waals surface area contributed by atoms with Gasteiger partial charge in [0.2, 0.25) is 0 Å². The first-order valence-corrected chi connectivity index (χ1v) is 3.82. The van der Waals surface area contributed by atoms with E-state index in [1.54, 1.807) is 0 Å². The first-order valence-electron chi connectivity index (χ1n) is 3.82. The number of rotatable bonds is 0. The maximum Gasteiger partial charge on any atom is 0.323 e. The summed E-state index contributed by atoms with van der Waals surface area (Å²) in [4.78, 5) is 0. The molecule has 12 nitrogen and oxygen atoms in total. The zero-order valence-electron chi connectivity index (χ0n) is 7.52. The molecular weight excluding hydrogens is 228 g/mol. The molecular formula is C4H8N6O6. The van der Waals surface area contributed by atoms with Crippen LogP contribution in [-0.4, -0.2) is 69.3 Å². The standard InChI is InChI=1S/C4H8N6O6/c11-4-3(1-2-5-7(4)13)6(12)9(15)10(16)8(4)14/h1-2,11-16H. The number of nitrogens with zero attached hydrogens (tertiary/aromatic N) is 6. The van der Waals surface area contributed by atoms with Crippen molar-refractivity contribution in [3.05, 3.63) is 11.8 Å². The Morgan fingerprint density at radius 3 is 2.31 bits per heavy atom. The van der Waals surface area contributed by atoms with Gasteiger partial charge in [-0.05, 0) is 11.2 Å². The highest BCUT2D eigenvalue weighted by atomic mass is 16.9. The summed E-state index contributed by atoms with van der Waals surface area (Å²) in [5.74, 6) is -2.79. The molecule has 0 aliphatic carbocycles. The van der Waals surface area contributed by atoms with Crippen LogP contribution >= 0.6 is 0 Å². The van der Waals surface area contributed by atoms with Gasteiger partial charge in [0.05, 0.1) is 6.21 Å². The first kappa shape index (κ1) is 11.1. The Morgan fingerprint density at radius 2 is 1.69 bits per heavy atom. The molecule has 90 valence electrons. The molecule has 0 radical (unpaired) electrons. The van der Waals surface area contributed by atoms with Crippen molar-refractivity contribution in [1.29, 1.82) is 0 Å². The third-order valence-corrected chi connectivity index (χ3v) is 2.02. The molecule has 2 rings (SSSR count). The van der Waals surface area contributed by atoms with Crippen LogP contribution in [0, 0.1) is 0 Å². The maximum absolute atomic E-state index is 9.82. The summed E-state index contributed by atoms with van der Waals surface area (Å²) in [6.07, 6.45) is 1.92. The van der Waals surface area contributed by atoms with Crippen molar-refractivity contribution in [2.75, 3.05) is 0 Å². The molecule has 0 aromatic carbocycles. The van der Waals surface area contributed by atoms with Crippen molar-refractivity contribution < 1.29 is 31.1 Å². The second-order valence-electron chi connectivity index (χ2n) is 2.86. The number of hydrazine groups is 3. The van der Waals surface area contributed by atoms with E-state index in [1.807, 2.05) is 0 Å². The Morgan fingerprint density at radius 1 is 1.06 bits per heavy atom.